The third kappa shape index (κ3) is 2.80. The van der Waals surface area contributed by atoms with E-state index < -0.39 is 0 Å². The van der Waals surface area contributed by atoms with Crippen molar-refractivity contribution in [2.75, 3.05) is 7.11 Å². The summed E-state index contributed by atoms with van der Waals surface area (Å²) in [6, 6.07) is 4.80. The molecular weight excluding hydrogens is 299 g/mol. The van der Waals surface area contributed by atoms with Gasteiger partial charge in [-0.2, -0.15) is 0 Å². The first-order valence-corrected chi connectivity index (χ1v) is 6.66. The van der Waals surface area contributed by atoms with Gasteiger partial charge in [-0.3, -0.25) is 0 Å². The van der Waals surface area contributed by atoms with E-state index >= 15 is 0 Å². The van der Waals surface area contributed by atoms with Gasteiger partial charge in [0.15, 0.2) is 0 Å². The van der Waals surface area contributed by atoms with Gasteiger partial charge < -0.3 is 4.74 Å². The summed E-state index contributed by atoms with van der Waals surface area (Å²) in [5, 5.41) is 0. The minimum absolute atomic E-state index is 0.209. The zero-order valence-electron chi connectivity index (χ0n) is 10.1. The Morgan fingerprint density at radius 3 is 2.72 bits per heavy atom. The lowest BCUT2D eigenvalue weighted by atomic mass is 9.79. The zero-order chi connectivity index (χ0) is 13.1. The molecule has 1 aliphatic rings. The van der Waals surface area contributed by atoms with Crippen LogP contribution in [0.3, 0.4) is 0 Å². The smallest absolute Gasteiger partial charge is 0.334 e. The van der Waals surface area contributed by atoms with Crippen molar-refractivity contribution in [3.8, 4) is 0 Å². The molecule has 0 amide bonds. The van der Waals surface area contributed by atoms with Crippen LogP contribution in [-0.4, -0.2) is 13.1 Å². The van der Waals surface area contributed by atoms with Gasteiger partial charge in [-0.05, 0) is 37.0 Å². The number of rotatable bonds is 3. The first-order chi connectivity index (χ1) is 8.61. The van der Waals surface area contributed by atoms with E-state index in [0.29, 0.717) is 15.6 Å². The van der Waals surface area contributed by atoms with Crippen molar-refractivity contribution in [1.82, 2.24) is 0 Å². The summed E-state index contributed by atoms with van der Waals surface area (Å²) in [7, 11) is 1.35. The molecule has 4 heteroatoms. The molecule has 18 heavy (non-hydrogen) atoms. The lowest BCUT2D eigenvalue weighted by Gasteiger charge is -2.26. The molecule has 0 saturated heterocycles. The van der Waals surface area contributed by atoms with Crippen molar-refractivity contribution in [3.05, 3.63) is 39.6 Å². The van der Waals surface area contributed by atoms with Gasteiger partial charge in [0.05, 0.1) is 7.11 Å². The van der Waals surface area contributed by atoms with Crippen LogP contribution < -0.4 is 0 Å². The second kappa shape index (κ2) is 5.65. The maximum absolute atomic E-state index is 13.7. The van der Waals surface area contributed by atoms with Crippen LogP contribution in [0.5, 0.6) is 0 Å². The number of ether oxygens (including phenoxy) is 1. The summed E-state index contributed by atoms with van der Waals surface area (Å²) in [4.78, 5) is 11.7. The summed E-state index contributed by atoms with van der Waals surface area (Å²) in [6.45, 7) is 0. The number of hydrogen-bond donors (Lipinski definition) is 0. The van der Waals surface area contributed by atoms with Crippen LogP contribution in [0.15, 0.2) is 28.2 Å². The minimum Gasteiger partial charge on any atom is -0.466 e. The first-order valence-electron chi connectivity index (χ1n) is 5.87. The first kappa shape index (κ1) is 13.3. The van der Waals surface area contributed by atoms with Gasteiger partial charge in [0.25, 0.3) is 0 Å². The predicted octanol–water partition coefficient (Wildman–Crippen LogP) is 3.94. The number of esters is 1. The summed E-state index contributed by atoms with van der Waals surface area (Å²) < 4.78 is 19.2. The zero-order valence-corrected chi connectivity index (χ0v) is 11.7. The van der Waals surface area contributed by atoms with Crippen molar-refractivity contribution >= 4 is 28.0 Å². The third-order valence-electron chi connectivity index (χ3n) is 3.24. The molecule has 0 aromatic heterocycles. The number of benzene rings is 1. The number of hydrogen-bond acceptors (Lipinski definition) is 2. The Morgan fingerprint density at radius 2 is 2.22 bits per heavy atom. The lowest BCUT2D eigenvalue weighted by Crippen LogP contribution is -2.20. The summed E-state index contributed by atoms with van der Waals surface area (Å²) >= 11 is 3.21. The van der Waals surface area contributed by atoms with E-state index in [0.717, 1.165) is 19.3 Å². The highest BCUT2D eigenvalue weighted by molar-refractivity contribution is 9.10. The Bertz CT molecular complexity index is 493. The molecule has 2 rings (SSSR count). The minimum atomic E-state index is -0.359. The van der Waals surface area contributed by atoms with Crippen LogP contribution >= 0.6 is 15.9 Å². The SMILES string of the molecule is COC(=O)C(=Cc1ccc(Br)cc1F)C1CCC1. The quantitative estimate of drug-likeness (QED) is 0.624. The van der Waals surface area contributed by atoms with E-state index in [1.807, 2.05) is 0 Å². The molecule has 1 fully saturated rings. The second-order valence-electron chi connectivity index (χ2n) is 4.38. The molecule has 0 bridgehead atoms. The van der Waals surface area contributed by atoms with Gasteiger partial charge in [0, 0.05) is 15.6 Å². The van der Waals surface area contributed by atoms with Crippen LogP contribution in [0, 0.1) is 11.7 Å². The summed E-state index contributed by atoms with van der Waals surface area (Å²) in [5.74, 6) is -0.493. The third-order valence-corrected chi connectivity index (χ3v) is 3.73. The normalized spacial score (nSPS) is 16.3. The molecule has 0 heterocycles. The predicted molar refractivity (Wildman–Crippen MR) is 71.4 cm³/mol. The Morgan fingerprint density at radius 1 is 1.50 bits per heavy atom. The molecule has 0 unspecified atom stereocenters. The van der Waals surface area contributed by atoms with Crippen LogP contribution in [0.25, 0.3) is 6.08 Å². The van der Waals surface area contributed by atoms with Crippen LogP contribution in [0.1, 0.15) is 24.8 Å². The number of halogens is 2. The molecule has 0 aliphatic heterocycles. The van der Waals surface area contributed by atoms with Gasteiger partial charge >= 0.3 is 5.97 Å². The van der Waals surface area contributed by atoms with E-state index in [1.54, 1.807) is 18.2 Å². The monoisotopic (exact) mass is 312 g/mol. The van der Waals surface area contributed by atoms with Gasteiger partial charge in [-0.15, -0.1) is 0 Å². The molecule has 0 radical (unpaired) electrons. The maximum atomic E-state index is 13.7. The molecule has 0 spiro atoms. The van der Waals surface area contributed by atoms with E-state index in [4.69, 9.17) is 4.74 Å². The number of methoxy groups -OCH3 is 1. The van der Waals surface area contributed by atoms with Crippen molar-refractivity contribution in [2.45, 2.75) is 19.3 Å². The Balaban J connectivity index is 2.34. The van der Waals surface area contributed by atoms with Crippen molar-refractivity contribution in [3.63, 3.8) is 0 Å². The molecule has 2 nitrogen and oxygen atoms in total. The van der Waals surface area contributed by atoms with Crippen LogP contribution in [0.2, 0.25) is 0 Å². The molecule has 1 aromatic carbocycles. The average Bonchev–Trinajstić information content (AvgIpc) is 2.28. The van der Waals surface area contributed by atoms with Gasteiger partial charge in [0.1, 0.15) is 5.82 Å². The van der Waals surface area contributed by atoms with E-state index in [-0.39, 0.29) is 17.7 Å². The van der Waals surface area contributed by atoms with Gasteiger partial charge in [-0.25, -0.2) is 9.18 Å². The highest BCUT2D eigenvalue weighted by atomic mass is 79.9. The molecule has 0 N–H and O–H groups in total. The molecule has 96 valence electrons. The highest BCUT2D eigenvalue weighted by Gasteiger charge is 2.27. The molecule has 1 saturated carbocycles. The van der Waals surface area contributed by atoms with E-state index in [2.05, 4.69) is 15.9 Å². The van der Waals surface area contributed by atoms with E-state index in [1.165, 1.54) is 13.2 Å². The fraction of sp³-hybridized carbons (Fsp3) is 0.357. The number of carbonyl (C=O) groups is 1. The average molecular weight is 313 g/mol. The summed E-state index contributed by atoms with van der Waals surface area (Å²) in [6.07, 6.45) is 4.66. The lowest BCUT2D eigenvalue weighted by molar-refractivity contribution is -0.136. The van der Waals surface area contributed by atoms with Gasteiger partial charge in [-0.1, -0.05) is 28.4 Å². The topological polar surface area (TPSA) is 26.3 Å². The number of carbonyl (C=O) groups excluding carboxylic acids is 1. The standard InChI is InChI=1S/C14H14BrFO2/c1-18-14(17)12(9-3-2-4-9)7-10-5-6-11(15)8-13(10)16/h5-9H,2-4H2,1H3. The fourth-order valence-corrected chi connectivity index (χ4v) is 2.30. The molecule has 0 atom stereocenters. The Labute approximate surface area is 114 Å². The van der Waals surface area contributed by atoms with Crippen molar-refractivity contribution < 1.29 is 13.9 Å². The van der Waals surface area contributed by atoms with Crippen molar-refractivity contribution in [1.29, 1.82) is 0 Å². The van der Waals surface area contributed by atoms with Gasteiger partial charge in [0.2, 0.25) is 0 Å². The summed E-state index contributed by atoms with van der Waals surface area (Å²) in [5.41, 5.74) is 0.996. The highest BCUT2D eigenvalue weighted by Crippen LogP contribution is 2.35. The van der Waals surface area contributed by atoms with Crippen LogP contribution in [0.4, 0.5) is 4.39 Å². The van der Waals surface area contributed by atoms with Crippen LogP contribution in [-0.2, 0) is 9.53 Å². The maximum Gasteiger partial charge on any atom is 0.334 e. The molecule has 1 aromatic rings. The molecule has 1 aliphatic carbocycles. The van der Waals surface area contributed by atoms with Crippen molar-refractivity contribution in [2.24, 2.45) is 5.92 Å². The Kier molecular flexibility index (Phi) is 4.17. The molecular formula is C14H14BrFO2. The van der Waals surface area contributed by atoms with E-state index in [9.17, 15) is 9.18 Å². The Hall–Kier alpha value is -1.16. The second-order valence-corrected chi connectivity index (χ2v) is 5.30. The fourth-order valence-electron chi connectivity index (χ4n) is 1.97. The largest absolute Gasteiger partial charge is 0.466 e.